The third-order valence-corrected chi connectivity index (χ3v) is 5.56. The SMILES string of the molecule is CC(C)(C)[C@@H]1OCCC[C@H]1CNC(=O)N1CCC[C@H]1c1cccc(F)c1. The van der Waals surface area contributed by atoms with Crippen LogP contribution in [0.3, 0.4) is 0 Å². The molecule has 2 aliphatic heterocycles. The van der Waals surface area contributed by atoms with Gasteiger partial charge in [0.2, 0.25) is 0 Å². The standard InChI is InChI=1S/C21H31FN2O2/c1-21(2,3)19-16(8-6-12-26-19)14-23-20(25)24-11-5-10-18(24)15-7-4-9-17(22)13-15/h4,7,9,13,16,18-19H,5-6,8,10-12,14H2,1-3H3,(H,23,25)/t16-,18-,19+/m0/s1. The average Bonchev–Trinajstić information content (AvgIpc) is 3.09. The number of nitrogens with zero attached hydrogens (tertiary/aromatic N) is 1. The minimum Gasteiger partial charge on any atom is -0.377 e. The van der Waals surface area contributed by atoms with Gasteiger partial charge in [-0.3, -0.25) is 0 Å². The first-order chi connectivity index (χ1) is 12.4. The van der Waals surface area contributed by atoms with Crippen LogP contribution < -0.4 is 5.32 Å². The molecular formula is C21H31FN2O2. The summed E-state index contributed by atoms with van der Waals surface area (Å²) in [5.41, 5.74) is 0.944. The van der Waals surface area contributed by atoms with Crippen molar-refractivity contribution in [3.8, 4) is 0 Å². The molecule has 0 bridgehead atoms. The summed E-state index contributed by atoms with van der Waals surface area (Å²) in [4.78, 5) is 14.6. The predicted molar refractivity (Wildman–Crippen MR) is 100 cm³/mol. The van der Waals surface area contributed by atoms with E-state index in [0.717, 1.165) is 44.4 Å². The molecule has 1 N–H and O–H groups in total. The van der Waals surface area contributed by atoms with Crippen LogP contribution in [0.15, 0.2) is 24.3 Å². The first-order valence-electron chi connectivity index (χ1n) is 9.78. The summed E-state index contributed by atoms with van der Waals surface area (Å²) in [5.74, 6) is 0.0880. The number of rotatable bonds is 3. The third kappa shape index (κ3) is 4.37. The molecular weight excluding hydrogens is 331 g/mol. The molecule has 0 aliphatic carbocycles. The van der Waals surface area contributed by atoms with Gasteiger partial charge in [0.15, 0.2) is 0 Å². The molecule has 26 heavy (non-hydrogen) atoms. The van der Waals surface area contributed by atoms with Crippen molar-refractivity contribution in [2.24, 2.45) is 11.3 Å². The highest BCUT2D eigenvalue weighted by atomic mass is 19.1. The fourth-order valence-electron chi connectivity index (χ4n) is 4.40. The lowest BCUT2D eigenvalue weighted by atomic mass is 9.78. The van der Waals surface area contributed by atoms with Crippen LogP contribution in [0.1, 0.15) is 58.1 Å². The number of hydrogen-bond acceptors (Lipinski definition) is 2. The lowest BCUT2D eigenvalue weighted by molar-refractivity contribution is -0.0839. The maximum Gasteiger partial charge on any atom is 0.317 e. The van der Waals surface area contributed by atoms with Crippen molar-refractivity contribution in [2.45, 2.75) is 58.6 Å². The highest BCUT2D eigenvalue weighted by Gasteiger charge is 2.36. The number of carbonyl (C=O) groups is 1. The van der Waals surface area contributed by atoms with Gasteiger partial charge in [-0.2, -0.15) is 0 Å². The zero-order valence-corrected chi connectivity index (χ0v) is 16.1. The number of likely N-dealkylation sites (tertiary alicyclic amines) is 1. The number of hydrogen-bond donors (Lipinski definition) is 1. The van der Waals surface area contributed by atoms with Gasteiger partial charge >= 0.3 is 6.03 Å². The summed E-state index contributed by atoms with van der Waals surface area (Å²) in [7, 11) is 0. The van der Waals surface area contributed by atoms with Gasteiger partial charge in [0, 0.05) is 25.6 Å². The first-order valence-corrected chi connectivity index (χ1v) is 9.78. The van der Waals surface area contributed by atoms with Crippen LogP contribution in [-0.4, -0.2) is 36.7 Å². The highest BCUT2D eigenvalue weighted by molar-refractivity contribution is 5.75. The maximum absolute atomic E-state index is 13.6. The molecule has 2 heterocycles. The van der Waals surface area contributed by atoms with Crippen molar-refractivity contribution in [3.05, 3.63) is 35.6 Å². The molecule has 0 spiro atoms. The maximum atomic E-state index is 13.6. The summed E-state index contributed by atoms with van der Waals surface area (Å²) in [6.07, 6.45) is 4.12. The molecule has 144 valence electrons. The molecule has 2 saturated heterocycles. The number of benzene rings is 1. The number of carbonyl (C=O) groups excluding carboxylic acids is 1. The van der Waals surface area contributed by atoms with Crippen LogP contribution in [0.4, 0.5) is 9.18 Å². The van der Waals surface area contributed by atoms with Crippen LogP contribution in [0.25, 0.3) is 0 Å². The van der Waals surface area contributed by atoms with Crippen molar-refractivity contribution >= 4 is 6.03 Å². The van der Waals surface area contributed by atoms with E-state index in [-0.39, 0.29) is 29.4 Å². The van der Waals surface area contributed by atoms with Crippen LogP contribution >= 0.6 is 0 Å². The van der Waals surface area contributed by atoms with Crippen molar-refractivity contribution in [2.75, 3.05) is 19.7 Å². The zero-order chi connectivity index (χ0) is 18.7. The molecule has 3 rings (SSSR count). The smallest absolute Gasteiger partial charge is 0.317 e. The summed E-state index contributed by atoms with van der Waals surface area (Å²) >= 11 is 0. The van der Waals surface area contributed by atoms with Gasteiger partial charge in [0.05, 0.1) is 12.1 Å². The van der Waals surface area contributed by atoms with E-state index in [1.54, 1.807) is 12.1 Å². The van der Waals surface area contributed by atoms with Crippen molar-refractivity contribution in [1.82, 2.24) is 10.2 Å². The van der Waals surface area contributed by atoms with Crippen molar-refractivity contribution in [1.29, 1.82) is 0 Å². The van der Waals surface area contributed by atoms with E-state index in [1.807, 2.05) is 11.0 Å². The van der Waals surface area contributed by atoms with E-state index >= 15 is 0 Å². The fourth-order valence-corrected chi connectivity index (χ4v) is 4.40. The quantitative estimate of drug-likeness (QED) is 0.859. The zero-order valence-electron chi connectivity index (χ0n) is 16.1. The number of halogens is 1. The molecule has 5 heteroatoms. The van der Waals surface area contributed by atoms with Gasteiger partial charge in [0.25, 0.3) is 0 Å². The van der Waals surface area contributed by atoms with Gasteiger partial charge in [0.1, 0.15) is 5.82 Å². The Balaban J connectivity index is 1.62. The second kappa shape index (κ2) is 7.95. The molecule has 0 aromatic heterocycles. The Bertz CT molecular complexity index is 629. The van der Waals surface area contributed by atoms with Gasteiger partial charge < -0.3 is 15.0 Å². The number of urea groups is 1. The molecule has 0 radical (unpaired) electrons. The Morgan fingerprint density at radius 2 is 2.12 bits per heavy atom. The van der Waals surface area contributed by atoms with Gasteiger partial charge in [-0.05, 0) is 48.8 Å². The Morgan fingerprint density at radius 3 is 2.85 bits per heavy atom. The first kappa shape index (κ1) is 19.2. The Morgan fingerprint density at radius 1 is 1.31 bits per heavy atom. The Hall–Kier alpha value is -1.62. The normalized spacial score (nSPS) is 26.8. The molecule has 1 aromatic carbocycles. The van der Waals surface area contributed by atoms with Crippen LogP contribution in [0.2, 0.25) is 0 Å². The molecule has 2 fully saturated rings. The number of amides is 2. The minimum atomic E-state index is -0.248. The largest absolute Gasteiger partial charge is 0.377 e. The second-order valence-electron chi connectivity index (χ2n) is 8.65. The summed E-state index contributed by atoms with van der Waals surface area (Å²) in [5, 5.41) is 3.12. The molecule has 3 atom stereocenters. The van der Waals surface area contributed by atoms with E-state index in [4.69, 9.17) is 4.74 Å². The summed E-state index contributed by atoms with van der Waals surface area (Å²) < 4.78 is 19.6. The van der Waals surface area contributed by atoms with Crippen LogP contribution in [0, 0.1) is 17.2 Å². The number of ether oxygens (including phenoxy) is 1. The van der Waals surface area contributed by atoms with Gasteiger partial charge in [-0.15, -0.1) is 0 Å². The van der Waals surface area contributed by atoms with E-state index in [2.05, 4.69) is 26.1 Å². The van der Waals surface area contributed by atoms with Gasteiger partial charge in [-0.25, -0.2) is 9.18 Å². The van der Waals surface area contributed by atoms with E-state index < -0.39 is 0 Å². The predicted octanol–water partition coefficient (Wildman–Crippen LogP) is 4.51. The van der Waals surface area contributed by atoms with Crippen LogP contribution in [0.5, 0.6) is 0 Å². The molecule has 4 nitrogen and oxygen atoms in total. The van der Waals surface area contributed by atoms with E-state index in [0.29, 0.717) is 12.5 Å². The average molecular weight is 362 g/mol. The Labute approximate surface area is 156 Å². The van der Waals surface area contributed by atoms with E-state index in [1.165, 1.54) is 6.07 Å². The molecule has 0 unspecified atom stereocenters. The molecule has 2 aliphatic rings. The molecule has 0 saturated carbocycles. The van der Waals surface area contributed by atoms with Crippen LogP contribution in [-0.2, 0) is 4.74 Å². The molecule has 2 amide bonds. The monoisotopic (exact) mass is 362 g/mol. The second-order valence-corrected chi connectivity index (χ2v) is 8.65. The van der Waals surface area contributed by atoms with Crippen molar-refractivity contribution in [3.63, 3.8) is 0 Å². The number of nitrogens with one attached hydrogen (secondary N) is 1. The molecule has 1 aromatic rings. The van der Waals surface area contributed by atoms with E-state index in [9.17, 15) is 9.18 Å². The topological polar surface area (TPSA) is 41.6 Å². The Kier molecular flexibility index (Phi) is 5.86. The third-order valence-electron chi connectivity index (χ3n) is 5.56. The lowest BCUT2D eigenvalue weighted by Gasteiger charge is -2.40. The highest BCUT2D eigenvalue weighted by Crippen LogP contribution is 2.35. The summed E-state index contributed by atoms with van der Waals surface area (Å²) in [6, 6.07) is 6.53. The van der Waals surface area contributed by atoms with Gasteiger partial charge in [-0.1, -0.05) is 32.9 Å². The summed E-state index contributed by atoms with van der Waals surface area (Å²) in [6.45, 7) is 8.74. The minimum absolute atomic E-state index is 0.0354. The fraction of sp³-hybridized carbons (Fsp3) is 0.667. The lowest BCUT2D eigenvalue weighted by Crippen LogP contribution is -2.47. The van der Waals surface area contributed by atoms with Crippen molar-refractivity contribution < 1.29 is 13.9 Å².